The number of benzene rings is 1. The Morgan fingerprint density at radius 2 is 1.91 bits per heavy atom. The molecule has 8 heteroatoms. The van der Waals surface area contributed by atoms with Crippen molar-refractivity contribution in [2.75, 3.05) is 39.4 Å². The molecule has 0 aliphatic carbocycles. The van der Waals surface area contributed by atoms with Crippen molar-refractivity contribution in [2.45, 2.75) is 6.04 Å². The molecule has 2 aliphatic rings. The van der Waals surface area contributed by atoms with Gasteiger partial charge in [0.1, 0.15) is 18.7 Å². The highest BCUT2D eigenvalue weighted by Gasteiger charge is 2.40. The molecule has 1 amide bonds. The molecule has 0 spiro atoms. The zero-order valence-electron chi connectivity index (χ0n) is 17.5. The highest BCUT2D eigenvalue weighted by Crippen LogP contribution is 2.38. The lowest BCUT2D eigenvalue weighted by Gasteiger charge is -2.30. The van der Waals surface area contributed by atoms with Gasteiger partial charge in [-0.15, -0.1) is 0 Å². The second kappa shape index (κ2) is 8.57. The number of ketones is 1. The smallest absolute Gasteiger partial charge is 0.240 e. The maximum atomic E-state index is 13.4. The lowest BCUT2D eigenvalue weighted by Crippen LogP contribution is -3.14. The second-order valence-corrected chi connectivity index (χ2v) is 8.01. The first-order valence-corrected chi connectivity index (χ1v) is 10.7. The van der Waals surface area contributed by atoms with Crippen molar-refractivity contribution in [1.29, 1.82) is 0 Å². The Morgan fingerprint density at radius 1 is 1.16 bits per heavy atom. The molecule has 8 nitrogen and oxygen atoms in total. The number of furan rings is 1. The summed E-state index contributed by atoms with van der Waals surface area (Å²) < 4.78 is 11.1. The summed E-state index contributed by atoms with van der Waals surface area (Å²) in [6.45, 7) is 4.10. The Hall–Kier alpha value is -3.49. The van der Waals surface area contributed by atoms with Crippen LogP contribution in [0.2, 0.25) is 0 Å². The fourth-order valence-corrected chi connectivity index (χ4v) is 4.41. The third-order valence-electron chi connectivity index (χ3n) is 6.11. The molecule has 2 aliphatic heterocycles. The number of carbonyl (C=O) groups excluding carboxylic acids is 2. The van der Waals surface area contributed by atoms with Crippen molar-refractivity contribution >= 4 is 22.7 Å². The van der Waals surface area contributed by atoms with Crippen LogP contribution in [0.25, 0.3) is 11.0 Å². The average molecular weight is 433 g/mol. The monoisotopic (exact) mass is 433 g/mol. The molecular weight excluding hydrogens is 410 g/mol. The molecule has 1 atom stereocenters. The van der Waals surface area contributed by atoms with E-state index < -0.39 is 23.5 Å². The second-order valence-electron chi connectivity index (χ2n) is 8.01. The van der Waals surface area contributed by atoms with Crippen molar-refractivity contribution in [1.82, 2.24) is 9.88 Å². The maximum absolute atomic E-state index is 13.4. The van der Waals surface area contributed by atoms with Crippen LogP contribution < -0.4 is 10.0 Å². The zero-order valence-corrected chi connectivity index (χ0v) is 17.5. The van der Waals surface area contributed by atoms with E-state index in [0.29, 0.717) is 37.4 Å². The van der Waals surface area contributed by atoms with Crippen LogP contribution in [0.1, 0.15) is 22.2 Å². The highest BCUT2D eigenvalue weighted by molar-refractivity contribution is 6.15. The minimum absolute atomic E-state index is 0.0575. The van der Waals surface area contributed by atoms with E-state index in [2.05, 4.69) is 4.98 Å². The normalized spacial score (nSPS) is 19.8. The molecule has 1 N–H and O–H groups in total. The SMILES string of the molecule is O=C(C1=C([O-])C(=O)N(CC[NH+]2CCOCC2)C1c1ccncc1)c1cc2ccccc2o1. The van der Waals surface area contributed by atoms with E-state index in [1.807, 2.05) is 18.2 Å². The van der Waals surface area contributed by atoms with Crippen molar-refractivity contribution < 1.29 is 28.7 Å². The quantitative estimate of drug-likeness (QED) is 0.555. The average Bonchev–Trinajstić information content (AvgIpc) is 3.38. The fourth-order valence-electron chi connectivity index (χ4n) is 4.41. The third-order valence-corrected chi connectivity index (χ3v) is 6.11. The molecule has 1 unspecified atom stereocenters. The summed E-state index contributed by atoms with van der Waals surface area (Å²) in [4.78, 5) is 33.3. The Kier molecular flexibility index (Phi) is 5.46. The molecule has 164 valence electrons. The van der Waals surface area contributed by atoms with Gasteiger partial charge in [0.05, 0.1) is 32.3 Å². The van der Waals surface area contributed by atoms with Crippen LogP contribution in [0.5, 0.6) is 0 Å². The van der Waals surface area contributed by atoms with E-state index in [4.69, 9.17) is 9.15 Å². The summed E-state index contributed by atoms with van der Waals surface area (Å²) >= 11 is 0. The van der Waals surface area contributed by atoms with E-state index >= 15 is 0 Å². The van der Waals surface area contributed by atoms with Gasteiger partial charge in [0.25, 0.3) is 0 Å². The number of morpholine rings is 1. The number of rotatable bonds is 6. The summed E-state index contributed by atoms with van der Waals surface area (Å²) in [5.41, 5.74) is 1.16. The van der Waals surface area contributed by atoms with Gasteiger partial charge in [-0.1, -0.05) is 18.2 Å². The number of para-hydroxylation sites is 1. The first-order chi connectivity index (χ1) is 15.6. The van der Waals surface area contributed by atoms with Crippen LogP contribution in [0.4, 0.5) is 0 Å². The molecular formula is C24H23N3O5. The van der Waals surface area contributed by atoms with E-state index in [1.165, 1.54) is 9.80 Å². The number of ether oxygens (including phenoxy) is 1. The summed E-state index contributed by atoms with van der Waals surface area (Å²) in [5, 5.41) is 13.8. The van der Waals surface area contributed by atoms with Crippen LogP contribution >= 0.6 is 0 Å². The molecule has 3 aromatic rings. The zero-order chi connectivity index (χ0) is 22.1. The first kappa shape index (κ1) is 20.4. The molecule has 0 saturated carbocycles. The minimum atomic E-state index is -0.769. The Bertz CT molecular complexity index is 1150. The van der Waals surface area contributed by atoms with Gasteiger partial charge >= 0.3 is 0 Å². The van der Waals surface area contributed by atoms with Crippen molar-refractivity contribution in [2.24, 2.45) is 0 Å². The highest BCUT2D eigenvalue weighted by atomic mass is 16.5. The fraction of sp³-hybridized carbons (Fsp3) is 0.292. The molecule has 0 bridgehead atoms. The van der Waals surface area contributed by atoms with E-state index in [0.717, 1.165) is 18.5 Å². The number of hydrogen-bond donors (Lipinski definition) is 1. The van der Waals surface area contributed by atoms with Crippen molar-refractivity contribution in [3.8, 4) is 0 Å². The van der Waals surface area contributed by atoms with Crippen LogP contribution in [0.15, 0.2) is 70.6 Å². The van der Waals surface area contributed by atoms with Gasteiger partial charge in [0.15, 0.2) is 5.76 Å². The lowest BCUT2D eigenvalue weighted by molar-refractivity contribution is -0.907. The van der Waals surface area contributed by atoms with Crippen LogP contribution in [-0.2, 0) is 9.53 Å². The number of aromatic nitrogens is 1. The predicted molar refractivity (Wildman–Crippen MR) is 113 cm³/mol. The number of carbonyl (C=O) groups is 2. The van der Waals surface area contributed by atoms with Crippen LogP contribution in [0, 0.1) is 0 Å². The van der Waals surface area contributed by atoms with Crippen molar-refractivity contribution in [3.63, 3.8) is 0 Å². The molecule has 2 aromatic heterocycles. The van der Waals surface area contributed by atoms with Crippen LogP contribution in [-0.4, -0.2) is 61.0 Å². The summed E-state index contributed by atoms with van der Waals surface area (Å²) in [6.07, 6.45) is 3.19. The topological polar surface area (TPSA) is 100 Å². The summed E-state index contributed by atoms with van der Waals surface area (Å²) in [7, 11) is 0. The molecule has 1 aromatic carbocycles. The number of pyridine rings is 1. The molecule has 1 fully saturated rings. The largest absolute Gasteiger partial charge is 0.868 e. The number of nitrogens with one attached hydrogen (secondary N) is 1. The van der Waals surface area contributed by atoms with E-state index in [-0.39, 0.29) is 11.3 Å². The Labute approximate surface area is 184 Å². The van der Waals surface area contributed by atoms with Gasteiger partial charge in [-0.25, -0.2) is 0 Å². The van der Waals surface area contributed by atoms with E-state index in [9.17, 15) is 14.7 Å². The lowest BCUT2D eigenvalue weighted by atomic mass is 9.95. The molecule has 5 rings (SSSR count). The van der Waals surface area contributed by atoms with Gasteiger partial charge in [-0.3, -0.25) is 14.6 Å². The first-order valence-electron chi connectivity index (χ1n) is 10.7. The maximum Gasteiger partial charge on any atom is 0.240 e. The molecule has 0 radical (unpaired) electrons. The Balaban J connectivity index is 1.49. The number of quaternary nitrogens is 1. The third kappa shape index (κ3) is 3.68. The number of amides is 1. The number of hydrogen-bond acceptors (Lipinski definition) is 6. The van der Waals surface area contributed by atoms with E-state index in [1.54, 1.807) is 36.7 Å². The summed E-state index contributed by atoms with van der Waals surface area (Å²) in [5.74, 6) is -1.92. The minimum Gasteiger partial charge on any atom is -0.868 e. The standard InChI is InChI=1S/C24H23N3O5/c28-22(19-15-17-3-1-2-4-18(17)32-19)20-21(16-5-7-25-8-6-16)27(24(30)23(20)29)10-9-26-11-13-31-14-12-26/h1-8,15,21,29H,9-14H2. The predicted octanol–water partition coefficient (Wildman–Crippen LogP) is 0.124. The Morgan fingerprint density at radius 3 is 2.66 bits per heavy atom. The van der Waals surface area contributed by atoms with Gasteiger partial charge in [-0.2, -0.15) is 0 Å². The molecule has 1 saturated heterocycles. The number of nitrogens with zero attached hydrogens (tertiary/aromatic N) is 2. The van der Waals surface area contributed by atoms with Gasteiger partial charge in [0.2, 0.25) is 11.7 Å². The summed E-state index contributed by atoms with van der Waals surface area (Å²) in [6, 6.07) is 11.6. The van der Waals surface area contributed by atoms with Gasteiger partial charge in [0, 0.05) is 23.4 Å². The van der Waals surface area contributed by atoms with Gasteiger partial charge < -0.3 is 24.1 Å². The van der Waals surface area contributed by atoms with Crippen LogP contribution in [0.3, 0.4) is 0 Å². The number of fused-ring (bicyclic) bond motifs is 1. The van der Waals surface area contributed by atoms with Gasteiger partial charge in [-0.05, 0) is 35.6 Å². The number of Topliss-reactive ketones (excluding diaryl/α,β-unsaturated/α-hetero) is 1. The molecule has 4 heterocycles. The van der Waals surface area contributed by atoms with Crippen molar-refractivity contribution in [3.05, 3.63) is 77.5 Å². The molecule has 32 heavy (non-hydrogen) atoms.